The van der Waals surface area contributed by atoms with E-state index in [0.717, 1.165) is 38.5 Å². The van der Waals surface area contributed by atoms with Crippen LogP contribution in [-0.2, 0) is 4.79 Å². The number of aliphatic carboxylic acids is 1. The zero-order valence-corrected chi connectivity index (χ0v) is 14.4. The quantitative estimate of drug-likeness (QED) is 0.273. The van der Waals surface area contributed by atoms with Gasteiger partial charge in [0.1, 0.15) is 0 Å². The highest BCUT2D eigenvalue weighted by molar-refractivity contribution is 5.66. The van der Waals surface area contributed by atoms with Crippen LogP contribution >= 0.6 is 0 Å². The lowest BCUT2D eigenvalue weighted by molar-refractivity contribution is -0.137. The molecule has 0 aromatic rings. The molecule has 0 aliphatic heterocycles. The minimum atomic E-state index is -0.740. The van der Waals surface area contributed by atoms with Crippen LogP contribution in [0.3, 0.4) is 0 Å². The van der Waals surface area contributed by atoms with E-state index in [1.165, 1.54) is 0 Å². The average molecular weight is 330 g/mol. The average Bonchev–Trinajstić information content (AvgIpc) is 2.48. The van der Waals surface area contributed by atoms with Crippen molar-refractivity contribution in [1.82, 2.24) is 0 Å². The summed E-state index contributed by atoms with van der Waals surface area (Å²) >= 11 is 0. The Labute approximate surface area is 140 Å². The lowest BCUT2D eigenvalue weighted by Gasteiger charge is -2.16. The number of hydrogen-bond acceptors (Lipinski definition) is 4. The number of carboxylic acid groups (broad SMARTS) is 1. The molecule has 0 fully saturated rings. The molecule has 136 valence electrons. The van der Waals surface area contributed by atoms with Gasteiger partial charge >= 0.3 is 5.97 Å². The molecule has 0 aliphatic carbocycles. The van der Waals surface area contributed by atoms with Gasteiger partial charge in [-0.05, 0) is 51.9 Å². The van der Waals surface area contributed by atoms with Gasteiger partial charge in [-0.3, -0.25) is 4.79 Å². The highest BCUT2D eigenvalue weighted by Crippen LogP contribution is 2.11. The molecule has 0 heterocycles. The largest absolute Gasteiger partial charge is 0.481 e. The van der Waals surface area contributed by atoms with Gasteiger partial charge in [-0.1, -0.05) is 31.4 Å². The van der Waals surface area contributed by atoms with E-state index in [1.807, 2.05) is 12.2 Å². The Bertz CT molecular complexity index is 315. The molecule has 0 aromatic carbocycles. The number of hydrogen-bond donors (Lipinski definition) is 4. The topological polar surface area (TPSA) is 98.0 Å². The van der Waals surface area contributed by atoms with Crippen LogP contribution < -0.4 is 0 Å². The third-order valence-electron chi connectivity index (χ3n) is 3.87. The van der Waals surface area contributed by atoms with Crippen LogP contribution in [0.5, 0.6) is 0 Å². The summed E-state index contributed by atoms with van der Waals surface area (Å²) in [7, 11) is 0. The molecule has 0 saturated heterocycles. The predicted octanol–water partition coefficient (Wildman–Crippen LogP) is 3.02. The molecule has 0 amide bonds. The van der Waals surface area contributed by atoms with E-state index in [0.29, 0.717) is 25.7 Å². The number of unbranched alkanes of at least 4 members (excludes halogenated alkanes) is 5. The first kappa shape index (κ1) is 22.1. The van der Waals surface area contributed by atoms with Crippen LogP contribution in [-0.4, -0.2) is 44.7 Å². The van der Waals surface area contributed by atoms with Gasteiger partial charge in [0.25, 0.3) is 0 Å². The summed E-state index contributed by atoms with van der Waals surface area (Å²) in [5.41, 5.74) is 0. The molecule has 3 unspecified atom stereocenters. The molecule has 4 N–H and O–H groups in total. The molecule has 5 nitrogen and oxygen atoms in total. The van der Waals surface area contributed by atoms with Gasteiger partial charge < -0.3 is 20.4 Å². The Morgan fingerprint density at radius 2 is 1.52 bits per heavy atom. The van der Waals surface area contributed by atoms with Crippen molar-refractivity contribution < 1.29 is 25.2 Å². The first-order valence-electron chi connectivity index (χ1n) is 8.84. The number of carboxylic acids is 1. The van der Waals surface area contributed by atoms with E-state index < -0.39 is 18.2 Å². The minimum absolute atomic E-state index is 0.261. The Kier molecular flexibility index (Phi) is 14.1. The fourth-order valence-electron chi connectivity index (χ4n) is 2.39. The van der Waals surface area contributed by atoms with Crippen molar-refractivity contribution in [3.05, 3.63) is 12.2 Å². The third kappa shape index (κ3) is 15.8. The summed E-state index contributed by atoms with van der Waals surface area (Å²) < 4.78 is 0. The minimum Gasteiger partial charge on any atom is -0.481 e. The molecule has 0 bridgehead atoms. The summed E-state index contributed by atoms with van der Waals surface area (Å²) in [6.07, 6.45) is 10.6. The first-order valence-corrected chi connectivity index (χ1v) is 8.84. The van der Waals surface area contributed by atoms with Gasteiger partial charge in [0.2, 0.25) is 0 Å². The van der Waals surface area contributed by atoms with E-state index in [1.54, 1.807) is 6.92 Å². The van der Waals surface area contributed by atoms with Gasteiger partial charge in [-0.2, -0.15) is 0 Å². The number of allylic oxidation sites excluding steroid dienone is 1. The van der Waals surface area contributed by atoms with Crippen molar-refractivity contribution in [3.8, 4) is 0 Å². The maximum absolute atomic E-state index is 10.3. The zero-order chi connectivity index (χ0) is 17.5. The first-order chi connectivity index (χ1) is 10.9. The van der Waals surface area contributed by atoms with Gasteiger partial charge in [0, 0.05) is 6.42 Å². The summed E-state index contributed by atoms with van der Waals surface area (Å²) in [6, 6.07) is 0. The van der Waals surface area contributed by atoms with Crippen LogP contribution in [0.25, 0.3) is 0 Å². The second-order valence-electron chi connectivity index (χ2n) is 6.32. The number of aliphatic hydroxyl groups is 3. The number of aliphatic hydroxyl groups excluding tert-OH is 3. The third-order valence-corrected chi connectivity index (χ3v) is 3.87. The highest BCUT2D eigenvalue weighted by Gasteiger charge is 2.14. The fraction of sp³-hybridized carbons (Fsp3) is 0.833. The Morgan fingerprint density at radius 3 is 2.17 bits per heavy atom. The molecule has 23 heavy (non-hydrogen) atoms. The maximum atomic E-state index is 10.3. The molecule has 0 aliphatic rings. The van der Waals surface area contributed by atoms with Crippen LogP contribution in [0.15, 0.2) is 12.2 Å². The van der Waals surface area contributed by atoms with E-state index in [4.69, 9.17) is 10.2 Å². The van der Waals surface area contributed by atoms with Crippen molar-refractivity contribution >= 4 is 5.97 Å². The Balaban J connectivity index is 3.48. The van der Waals surface area contributed by atoms with Gasteiger partial charge in [0.15, 0.2) is 0 Å². The predicted molar refractivity (Wildman–Crippen MR) is 91.3 cm³/mol. The van der Waals surface area contributed by atoms with Crippen LogP contribution in [0.4, 0.5) is 0 Å². The molecule has 0 saturated carbocycles. The molecule has 0 radical (unpaired) electrons. The van der Waals surface area contributed by atoms with E-state index in [-0.39, 0.29) is 12.5 Å². The second-order valence-corrected chi connectivity index (χ2v) is 6.32. The van der Waals surface area contributed by atoms with E-state index in [2.05, 4.69) is 0 Å². The smallest absolute Gasteiger partial charge is 0.303 e. The van der Waals surface area contributed by atoms with Gasteiger partial charge in [-0.15, -0.1) is 0 Å². The molecular weight excluding hydrogens is 296 g/mol. The Hall–Kier alpha value is -0.910. The molecule has 0 spiro atoms. The van der Waals surface area contributed by atoms with E-state index >= 15 is 0 Å². The fourth-order valence-corrected chi connectivity index (χ4v) is 2.39. The van der Waals surface area contributed by atoms with Crippen LogP contribution in [0.1, 0.15) is 77.6 Å². The Morgan fingerprint density at radius 1 is 0.870 bits per heavy atom. The van der Waals surface area contributed by atoms with Crippen LogP contribution in [0.2, 0.25) is 0 Å². The standard InChI is InChI=1S/C18H34O5/c1-15(19)11-10-13-17(21)16(20)12-8-6-4-2-3-5-7-9-14-18(22)23/h6,8,15-17,19-21H,2-5,7,9-14H2,1H3,(H,22,23). The number of carbonyl (C=O) groups is 1. The van der Waals surface area contributed by atoms with Crippen molar-refractivity contribution in [2.24, 2.45) is 0 Å². The summed E-state index contributed by atoms with van der Waals surface area (Å²) in [5.74, 6) is -0.723. The zero-order valence-electron chi connectivity index (χ0n) is 14.4. The summed E-state index contributed by atoms with van der Waals surface area (Å²) in [4.78, 5) is 10.3. The molecule has 0 aromatic heterocycles. The number of rotatable bonds is 15. The normalized spacial score (nSPS) is 15.7. The van der Waals surface area contributed by atoms with Gasteiger partial charge in [-0.25, -0.2) is 0 Å². The highest BCUT2D eigenvalue weighted by atomic mass is 16.4. The lowest BCUT2D eigenvalue weighted by atomic mass is 10.0. The van der Waals surface area contributed by atoms with E-state index in [9.17, 15) is 15.0 Å². The van der Waals surface area contributed by atoms with Crippen molar-refractivity contribution in [2.75, 3.05) is 0 Å². The van der Waals surface area contributed by atoms with Crippen LogP contribution in [0, 0.1) is 0 Å². The SMILES string of the molecule is CC(O)CCCC(O)C(O)CC=CCCCCCCCC(=O)O. The summed E-state index contributed by atoms with van der Waals surface area (Å²) in [6.45, 7) is 1.72. The lowest BCUT2D eigenvalue weighted by Crippen LogP contribution is -2.25. The van der Waals surface area contributed by atoms with Gasteiger partial charge in [0.05, 0.1) is 18.3 Å². The second kappa shape index (κ2) is 14.7. The molecule has 5 heteroatoms. The molecule has 0 rings (SSSR count). The maximum Gasteiger partial charge on any atom is 0.303 e. The monoisotopic (exact) mass is 330 g/mol. The van der Waals surface area contributed by atoms with Crippen molar-refractivity contribution in [1.29, 1.82) is 0 Å². The molecular formula is C18H34O5. The van der Waals surface area contributed by atoms with Crippen molar-refractivity contribution in [3.63, 3.8) is 0 Å². The molecule has 3 atom stereocenters. The summed E-state index contributed by atoms with van der Waals surface area (Å²) in [5, 5.41) is 37.3. The van der Waals surface area contributed by atoms with Crippen molar-refractivity contribution in [2.45, 2.75) is 95.9 Å².